The fraction of sp³-hybridized carbons (Fsp3) is 0.500. The van der Waals surface area contributed by atoms with Crippen molar-refractivity contribution in [2.24, 2.45) is 5.73 Å². The third kappa shape index (κ3) is 4.00. The molecule has 0 radical (unpaired) electrons. The normalized spacial score (nSPS) is 25.1. The van der Waals surface area contributed by atoms with E-state index >= 15 is 0 Å². The monoisotopic (exact) mass is 420 g/mol. The van der Waals surface area contributed by atoms with Crippen molar-refractivity contribution in [3.63, 3.8) is 0 Å². The van der Waals surface area contributed by atoms with Crippen molar-refractivity contribution in [1.29, 1.82) is 5.26 Å². The molecular formula is C18H21BrN4O3. The van der Waals surface area contributed by atoms with E-state index in [4.69, 9.17) is 15.7 Å². The smallest absolute Gasteiger partial charge is 0.248 e. The molecular weight excluding hydrogens is 400 g/mol. The van der Waals surface area contributed by atoms with Crippen LogP contribution in [-0.2, 0) is 4.79 Å². The number of ether oxygens (including phenoxy) is 1. The molecule has 26 heavy (non-hydrogen) atoms. The Morgan fingerprint density at radius 3 is 2.92 bits per heavy atom. The second-order valence-corrected chi connectivity index (χ2v) is 7.49. The van der Waals surface area contributed by atoms with Crippen LogP contribution in [0.25, 0.3) is 0 Å². The molecule has 3 N–H and O–H groups in total. The molecule has 0 aliphatic carbocycles. The molecule has 0 unspecified atom stereocenters. The van der Waals surface area contributed by atoms with Crippen molar-refractivity contribution in [3.8, 4) is 11.8 Å². The summed E-state index contributed by atoms with van der Waals surface area (Å²) >= 11 is 3.39. The second kappa shape index (κ2) is 8.06. The highest BCUT2D eigenvalue weighted by Crippen LogP contribution is 2.27. The molecule has 8 heteroatoms. The molecule has 2 saturated heterocycles. The van der Waals surface area contributed by atoms with E-state index in [1.807, 2.05) is 0 Å². The van der Waals surface area contributed by atoms with Crippen molar-refractivity contribution in [2.75, 3.05) is 13.2 Å². The lowest BCUT2D eigenvalue weighted by molar-refractivity contribution is -0.133. The molecule has 1 aromatic carbocycles. The van der Waals surface area contributed by atoms with Gasteiger partial charge in [0.05, 0.1) is 16.6 Å². The van der Waals surface area contributed by atoms with Gasteiger partial charge in [0.15, 0.2) is 0 Å². The third-order valence-electron chi connectivity index (χ3n) is 4.88. The van der Waals surface area contributed by atoms with Crippen LogP contribution < -0.4 is 15.8 Å². The van der Waals surface area contributed by atoms with E-state index in [0.29, 0.717) is 24.5 Å². The van der Waals surface area contributed by atoms with Crippen LogP contribution in [0.2, 0.25) is 0 Å². The zero-order valence-electron chi connectivity index (χ0n) is 14.3. The number of nitrogens with one attached hydrogen (secondary N) is 1. The molecule has 2 amide bonds. The van der Waals surface area contributed by atoms with E-state index in [2.05, 4.69) is 27.3 Å². The summed E-state index contributed by atoms with van der Waals surface area (Å²) in [7, 11) is 0. The summed E-state index contributed by atoms with van der Waals surface area (Å²) in [5.41, 5.74) is 5.68. The van der Waals surface area contributed by atoms with Gasteiger partial charge in [-0.1, -0.05) is 0 Å². The van der Waals surface area contributed by atoms with Crippen LogP contribution in [0.15, 0.2) is 22.7 Å². The zero-order chi connectivity index (χ0) is 18.7. The molecule has 7 nitrogen and oxygen atoms in total. The second-order valence-electron chi connectivity index (χ2n) is 6.63. The molecule has 2 aliphatic heterocycles. The largest absolute Gasteiger partial charge is 0.491 e. The number of carbonyl (C=O) groups is 2. The number of nitrogens with zero attached hydrogens (tertiary/aromatic N) is 2. The SMILES string of the molecule is N#C[C@@H]1CCCN1C(=O)[C@@H]1CC[C@H](COc2cc(C(N)=O)ccc2Br)N1. The molecule has 138 valence electrons. The molecule has 0 saturated carbocycles. The average molecular weight is 421 g/mol. The van der Waals surface area contributed by atoms with Crippen molar-refractivity contribution in [3.05, 3.63) is 28.2 Å². The van der Waals surface area contributed by atoms with E-state index in [1.165, 1.54) is 0 Å². The Labute approximate surface area is 160 Å². The van der Waals surface area contributed by atoms with Gasteiger partial charge < -0.3 is 15.4 Å². The van der Waals surface area contributed by atoms with Crippen LogP contribution in [0.3, 0.4) is 0 Å². The fourth-order valence-corrected chi connectivity index (χ4v) is 3.83. The number of benzene rings is 1. The Morgan fingerprint density at radius 1 is 1.38 bits per heavy atom. The Morgan fingerprint density at radius 2 is 2.19 bits per heavy atom. The first kappa shape index (κ1) is 18.7. The number of halogens is 1. The minimum atomic E-state index is -0.510. The first-order chi connectivity index (χ1) is 12.5. The number of nitrogens with two attached hydrogens (primary N) is 1. The highest BCUT2D eigenvalue weighted by molar-refractivity contribution is 9.10. The van der Waals surface area contributed by atoms with E-state index < -0.39 is 5.91 Å². The number of likely N-dealkylation sites (tertiary alicyclic amines) is 1. The fourth-order valence-electron chi connectivity index (χ4n) is 3.47. The Bertz CT molecular complexity index is 748. The maximum atomic E-state index is 12.6. The highest BCUT2D eigenvalue weighted by Gasteiger charge is 2.36. The Balaban J connectivity index is 1.55. The molecule has 0 aromatic heterocycles. The number of primary amides is 1. The van der Waals surface area contributed by atoms with Crippen molar-refractivity contribution in [2.45, 2.75) is 43.8 Å². The van der Waals surface area contributed by atoms with Gasteiger partial charge in [-0.3, -0.25) is 14.9 Å². The first-order valence-corrected chi connectivity index (χ1v) is 9.47. The minimum Gasteiger partial charge on any atom is -0.491 e. The van der Waals surface area contributed by atoms with E-state index in [0.717, 1.165) is 30.2 Å². The summed E-state index contributed by atoms with van der Waals surface area (Å²) in [5, 5.41) is 12.5. The van der Waals surface area contributed by atoms with Crippen LogP contribution in [-0.4, -0.2) is 48.0 Å². The third-order valence-corrected chi connectivity index (χ3v) is 5.53. The molecule has 2 heterocycles. The van der Waals surface area contributed by atoms with Gasteiger partial charge in [-0.2, -0.15) is 5.26 Å². The molecule has 1 aromatic rings. The van der Waals surface area contributed by atoms with Crippen LogP contribution in [0.1, 0.15) is 36.0 Å². The number of amides is 2. The summed E-state index contributed by atoms with van der Waals surface area (Å²) in [6, 6.07) is 6.63. The highest BCUT2D eigenvalue weighted by atomic mass is 79.9. The summed E-state index contributed by atoms with van der Waals surface area (Å²) in [6.45, 7) is 1.04. The van der Waals surface area contributed by atoms with Gasteiger partial charge in [-0.15, -0.1) is 0 Å². The summed E-state index contributed by atoms with van der Waals surface area (Å²) in [4.78, 5) is 25.6. The van der Waals surface area contributed by atoms with Crippen molar-refractivity contribution < 1.29 is 14.3 Å². The predicted molar refractivity (Wildman–Crippen MR) is 98.4 cm³/mol. The molecule has 0 spiro atoms. The molecule has 0 bridgehead atoms. The molecule has 3 rings (SSSR count). The topological polar surface area (TPSA) is 108 Å². The average Bonchev–Trinajstić information content (AvgIpc) is 3.29. The van der Waals surface area contributed by atoms with Gasteiger partial charge in [-0.05, 0) is 59.8 Å². The lowest BCUT2D eigenvalue weighted by Gasteiger charge is -2.24. The summed E-state index contributed by atoms with van der Waals surface area (Å²) < 4.78 is 6.55. The predicted octanol–water partition coefficient (Wildman–Crippen LogP) is 1.56. The lowest BCUT2D eigenvalue weighted by Crippen LogP contribution is -2.47. The number of nitriles is 1. The number of rotatable bonds is 5. The molecule has 3 atom stereocenters. The van der Waals surface area contributed by atoms with Crippen molar-refractivity contribution >= 4 is 27.7 Å². The maximum absolute atomic E-state index is 12.6. The lowest BCUT2D eigenvalue weighted by atomic mass is 10.1. The maximum Gasteiger partial charge on any atom is 0.248 e. The van der Waals surface area contributed by atoms with Crippen molar-refractivity contribution in [1.82, 2.24) is 10.2 Å². The number of carbonyl (C=O) groups excluding carboxylic acids is 2. The Hall–Kier alpha value is -2.11. The van der Waals surface area contributed by atoms with Gasteiger partial charge in [-0.25, -0.2) is 0 Å². The van der Waals surface area contributed by atoms with Gasteiger partial charge in [0.25, 0.3) is 0 Å². The quantitative estimate of drug-likeness (QED) is 0.750. The van der Waals surface area contributed by atoms with E-state index in [1.54, 1.807) is 23.1 Å². The van der Waals surface area contributed by atoms with Crippen LogP contribution in [0.4, 0.5) is 0 Å². The van der Waals surface area contributed by atoms with Gasteiger partial charge >= 0.3 is 0 Å². The minimum absolute atomic E-state index is 0.00783. The number of hydrogen-bond donors (Lipinski definition) is 2. The van der Waals surface area contributed by atoms with Crippen LogP contribution >= 0.6 is 15.9 Å². The zero-order valence-corrected chi connectivity index (χ0v) is 15.9. The summed E-state index contributed by atoms with van der Waals surface area (Å²) in [5.74, 6) is 0.0417. The standard InChI is InChI=1S/C18H21BrN4O3/c19-14-5-3-11(17(21)24)8-16(14)26-10-12-4-6-15(22-12)18(25)23-7-1-2-13(23)9-20/h3,5,8,12-13,15,22H,1-2,4,6-7,10H2,(H2,21,24)/t12-,13+,15+/m1/s1. The first-order valence-electron chi connectivity index (χ1n) is 8.68. The van der Waals surface area contributed by atoms with Gasteiger partial charge in [0.1, 0.15) is 18.4 Å². The van der Waals surface area contributed by atoms with Crippen LogP contribution in [0, 0.1) is 11.3 Å². The number of hydrogen-bond acceptors (Lipinski definition) is 5. The molecule has 2 fully saturated rings. The Kier molecular flexibility index (Phi) is 5.79. The summed E-state index contributed by atoms with van der Waals surface area (Å²) in [6.07, 6.45) is 3.18. The van der Waals surface area contributed by atoms with E-state index in [-0.39, 0.29) is 24.0 Å². The van der Waals surface area contributed by atoms with Gasteiger partial charge in [0.2, 0.25) is 11.8 Å². The van der Waals surface area contributed by atoms with Gasteiger partial charge in [0, 0.05) is 18.2 Å². The van der Waals surface area contributed by atoms with Crippen LogP contribution in [0.5, 0.6) is 5.75 Å². The molecule has 2 aliphatic rings. The van der Waals surface area contributed by atoms with E-state index in [9.17, 15) is 9.59 Å².